The molecule has 0 spiro atoms. The van der Waals surface area contributed by atoms with Crippen molar-refractivity contribution in [2.75, 3.05) is 0 Å². The highest BCUT2D eigenvalue weighted by Crippen LogP contribution is 2.35. The SMILES string of the molecule is N#CC(=C(O)c1cnc(Cl)c(Cl)c1)c1nc2cc(C(F)(F)F)ccc2s1. The summed E-state index contributed by atoms with van der Waals surface area (Å²) >= 11 is 12.5. The Bertz CT molecular complexity index is 1090. The lowest BCUT2D eigenvalue weighted by molar-refractivity contribution is -0.137. The number of hydrogen-bond acceptors (Lipinski definition) is 5. The van der Waals surface area contributed by atoms with Gasteiger partial charge in [0.2, 0.25) is 0 Å². The second-order valence-electron chi connectivity index (χ2n) is 5.03. The fraction of sp³-hybridized carbons (Fsp3) is 0.0625. The van der Waals surface area contributed by atoms with Crippen LogP contribution in [0.25, 0.3) is 21.5 Å². The average molecular weight is 416 g/mol. The van der Waals surface area contributed by atoms with Crippen LogP contribution in [0.2, 0.25) is 10.2 Å². The molecule has 10 heteroatoms. The van der Waals surface area contributed by atoms with Crippen molar-refractivity contribution < 1.29 is 18.3 Å². The van der Waals surface area contributed by atoms with E-state index in [1.807, 2.05) is 6.07 Å². The second-order valence-corrected chi connectivity index (χ2v) is 6.83. The van der Waals surface area contributed by atoms with Crippen molar-refractivity contribution in [3.05, 3.63) is 56.8 Å². The fourth-order valence-electron chi connectivity index (χ4n) is 2.11. The van der Waals surface area contributed by atoms with Crippen LogP contribution in [0.3, 0.4) is 0 Å². The van der Waals surface area contributed by atoms with Crippen molar-refractivity contribution in [2.24, 2.45) is 0 Å². The van der Waals surface area contributed by atoms with Gasteiger partial charge in [0.1, 0.15) is 27.6 Å². The Hall–Kier alpha value is -2.34. The van der Waals surface area contributed by atoms with Crippen LogP contribution >= 0.6 is 34.5 Å². The van der Waals surface area contributed by atoms with E-state index in [1.54, 1.807) is 0 Å². The molecule has 1 aromatic carbocycles. The second kappa shape index (κ2) is 6.76. The molecule has 0 atom stereocenters. The number of benzene rings is 1. The number of aliphatic hydroxyl groups excluding tert-OH is 1. The number of aromatic nitrogens is 2. The van der Waals surface area contributed by atoms with Crippen molar-refractivity contribution in [1.29, 1.82) is 5.26 Å². The van der Waals surface area contributed by atoms with Crippen molar-refractivity contribution in [1.82, 2.24) is 9.97 Å². The summed E-state index contributed by atoms with van der Waals surface area (Å²) in [5.74, 6) is -0.450. The topological polar surface area (TPSA) is 69.8 Å². The number of thiazole rings is 1. The number of nitrogens with zero attached hydrogens (tertiary/aromatic N) is 3. The quantitative estimate of drug-likeness (QED) is 0.318. The summed E-state index contributed by atoms with van der Waals surface area (Å²) in [6.45, 7) is 0. The van der Waals surface area contributed by atoms with E-state index in [0.717, 1.165) is 23.5 Å². The molecule has 132 valence electrons. The number of fused-ring (bicyclic) bond motifs is 1. The Morgan fingerprint density at radius 3 is 2.58 bits per heavy atom. The molecule has 0 saturated carbocycles. The van der Waals surface area contributed by atoms with Gasteiger partial charge in [0.15, 0.2) is 0 Å². The molecule has 0 aliphatic heterocycles. The maximum absolute atomic E-state index is 12.8. The molecule has 1 N–H and O–H groups in total. The smallest absolute Gasteiger partial charge is 0.416 e. The zero-order chi connectivity index (χ0) is 19.1. The highest BCUT2D eigenvalue weighted by molar-refractivity contribution is 7.19. The Kier molecular flexibility index (Phi) is 4.80. The van der Waals surface area contributed by atoms with E-state index in [1.165, 1.54) is 18.3 Å². The lowest BCUT2D eigenvalue weighted by atomic mass is 10.1. The van der Waals surface area contributed by atoms with Gasteiger partial charge in [-0.25, -0.2) is 9.97 Å². The largest absolute Gasteiger partial charge is 0.506 e. The first-order valence-electron chi connectivity index (χ1n) is 6.83. The summed E-state index contributed by atoms with van der Waals surface area (Å²) < 4.78 is 38.9. The maximum Gasteiger partial charge on any atom is 0.416 e. The molecule has 0 bridgehead atoms. The molecule has 0 saturated heterocycles. The van der Waals surface area contributed by atoms with Gasteiger partial charge in [-0.2, -0.15) is 18.4 Å². The van der Waals surface area contributed by atoms with Gasteiger partial charge in [-0.1, -0.05) is 23.2 Å². The third-order valence-corrected chi connectivity index (χ3v) is 5.09. The highest BCUT2D eigenvalue weighted by Gasteiger charge is 2.31. The molecule has 0 unspecified atom stereocenters. The molecule has 0 amide bonds. The van der Waals surface area contributed by atoms with Gasteiger partial charge in [0.25, 0.3) is 0 Å². The van der Waals surface area contributed by atoms with Crippen LogP contribution in [0.1, 0.15) is 16.1 Å². The van der Waals surface area contributed by atoms with Gasteiger partial charge in [0.05, 0.1) is 20.8 Å². The average Bonchev–Trinajstić information content (AvgIpc) is 2.99. The first kappa shape index (κ1) is 18.5. The standard InChI is InChI=1S/C16H6Cl2F3N3OS/c17-10-3-7(6-23-14(10)18)13(25)9(5-22)15-24-11-4-8(16(19,20)21)1-2-12(11)26-15/h1-4,6,25H. The molecule has 2 aromatic heterocycles. The van der Waals surface area contributed by atoms with Gasteiger partial charge in [-0.05, 0) is 24.3 Å². The highest BCUT2D eigenvalue weighted by atomic mass is 35.5. The minimum absolute atomic E-state index is 0.0291. The summed E-state index contributed by atoms with van der Waals surface area (Å²) in [6, 6.07) is 6.22. The van der Waals surface area contributed by atoms with Crippen LogP contribution in [-0.4, -0.2) is 15.1 Å². The number of alkyl halides is 3. The Morgan fingerprint density at radius 1 is 1.23 bits per heavy atom. The molecule has 3 aromatic rings. The van der Waals surface area contributed by atoms with Crippen molar-refractivity contribution in [3.8, 4) is 6.07 Å². The van der Waals surface area contributed by atoms with Crippen molar-refractivity contribution >= 4 is 56.1 Å². The lowest BCUT2D eigenvalue weighted by Crippen LogP contribution is -2.03. The van der Waals surface area contributed by atoms with E-state index in [9.17, 15) is 23.5 Å². The minimum Gasteiger partial charge on any atom is -0.506 e. The van der Waals surface area contributed by atoms with Crippen LogP contribution in [0.5, 0.6) is 0 Å². The molecule has 4 nitrogen and oxygen atoms in total. The number of aliphatic hydroxyl groups is 1. The molecule has 0 aliphatic carbocycles. The van der Waals surface area contributed by atoms with Crippen LogP contribution < -0.4 is 0 Å². The van der Waals surface area contributed by atoms with Gasteiger partial charge >= 0.3 is 6.18 Å². The number of rotatable bonds is 2. The first-order chi connectivity index (χ1) is 12.2. The Labute approximate surface area is 158 Å². The van der Waals surface area contributed by atoms with Crippen molar-refractivity contribution in [3.63, 3.8) is 0 Å². The molecule has 3 rings (SSSR count). The third kappa shape index (κ3) is 3.46. The van der Waals surface area contributed by atoms with E-state index in [-0.39, 0.29) is 31.8 Å². The summed E-state index contributed by atoms with van der Waals surface area (Å²) in [4.78, 5) is 7.82. The lowest BCUT2D eigenvalue weighted by Gasteiger charge is -2.04. The Morgan fingerprint density at radius 2 is 1.96 bits per heavy atom. The zero-order valence-electron chi connectivity index (χ0n) is 12.5. The van der Waals surface area contributed by atoms with Gasteiger partial charge < -0.3 is 5.11 Å². The van der Waals surface area contributed by atoms with E-state index in [0.29, 0.717) is 4.70 Å². The van der Waals surface area contributed by atoms with Gasteiger partial charge in [-0.15, -0.1) is 11.3 Å². The molecular formula is C16H6Cl2F3N3OS. The van der Waals surface area contributed by atoms with E-state index >= 15 is 0 Å². The summed E-state index contributed by atoms with van der Waals surface area (Å²) in [5.41, 5.74) is -0.846. The molecular weight excluding hydrogens is 410 g/mol. The zero-order valence-corrected chi connectivity index (χ0v) is 14.8. The third-order valence-electron chi connectivity index (χ3n) is 3.35. The van der Waals surface area contributed by atoms with E-state index < -0.39 is 17.5 Å². The number of nitriles is 1. The molecule has 26 heavy (non-hydrogen) atoms. The van der Waals surface area contributed by atoms with Crippen LogP contribution in [0.4, 0.5) is 13.2 Å². The summed E-state index contributed by atoms with van der Waals surface area (Å²) in [6.07, 6.45) is -3.28. The van der Waals surface area contributed by atoms with Gasteiger partial charge in [0, 0.05) is 11.8 Å². The first-order valence-corrected chi connectivity index (χ1v) is 8.41. The monoisotopic (exact) mass is 415 g/mol. The predicted molar refractivity (Wildman–Crippen MR) is 93.9 cm³/mol. The van der Waals surface area contributed by atoms with Crippen molar-refractivity contribution in [2.45, 2.75) is 6.18 Å². The number of allylic oxidation sites excluding steroid dienone is 1. The van der Waals surface area contributed by atoms with Crippen LogP contribution in [0, 0.1) is 11.3 Å². The molecule has 0 fully saturated rings. The normalized spacial score (nSPS) is 12.8. The van der Waals surface area contributed by atoms with Crippen LogP contribution in [-0.2, 0) is 6.18 Å². The molecule has 2 heterocycles. The van der Waals surface area contributed by atoms with E-state index in [4.69, 9.17) is 23.2 Å². The number of hydrogen-bond donors (Lipinski definition) is 1. The maximum atomic E-state index is 12.8. The summed E-state index contributed by atoms with van der Waals surface area (Å²) in [7, 11) is 0. The predicted octanol–water partition coefficient (Wildman–Crippen LogP) is 5.97. The number of pyridine rings is 1. The molecule has 0 radical (unpaired) electrons. The van der Waals surface area contributed by atoms with Crippen LogP contribution in [0.15, 0.2) is 30.5 Å². The Balaban J connectivity index is 2.13. The molecule has 0 aliphatic rings. The van der Waals surface area contributed by atoms with Gasteiger partial charge in [-0.3, -0.25) is 0 Å². The number of halogens is 5. The minimum atomic E-state index is -4.50. The fourth-order valence-corrected chi connectivity index (χ4v) is 3.32. The summed E-state index contributed by atoms with van der Waals surface area (Å²) in [5, 5.41) is 19.9. The van der Waals surface area contributed by atoms with E-state index in [2.05, 4.69) is 9.97 Å².